The molecule has 1 aromatic heterocycles. The number of carboxylic acids is 1. The van der Waals surface area contributed by atoms with E-state index in [1.54, 1.807) is 24.2 Å². The summed E-state index contributed by atoms with van der Waals surface area (Å²) >= 11 is 1.65. The van der Waals surface area contributed by atoms with Crippen LogP contribution in [0.4, 0.5) is 0 Å². The zero-order chi connectivity index (χ0) is 13.0. The van der Waals surface area contributed by atoms with Crippen LogP contribution in [0.5, 0.6) is 0 Å². The first kappa shape index (κ1) is 13.4. The number of nitrogens with zero attached hydrogens (tertiary/aromatic N) is 1. The van der Waals surface area contributed by atoms with Crippen LogP contribution in [0.15, 0.2) is 17.6 Å². The number of aromatic nitrogens is 2. The van der Waals surface area contributed by atoms with E-state index >= 15 is 0 Å². The van der Waals surface area contributed by atoms with E-state index < -0.39 is 11.5 Å². The quantitative estimate of drug-likeness (QED) is 0.760. The minimum absolute atomic E-state index is 0.306. The van der Waals surface area contributed by atoms with Crippen LogP contribution in [0.1, 0.15) is 32.6 Å². The summed E-state index contributed by atoms with van der Waals surface area (Å²) in [6.45, 7) is 2.64. The van der Waals surface area contributed by atoms with Crippen molar-refractivity contribution >= 4 is 17.7 Å². The van der Waals surface area contributed by atoms with Gasteiger partial charge in [-0.25, -0.2) is 4.98 Å². The van der Waals surface area contributed by atoms with Crippen molar-refractivity contribution in [3.8, 4) is 0 Å². The number of carbonyl (C=O) groups is 1. The van der Waals surface area contributed by atoms with Crippen LogP contribution >= 0.6 is 11.8 Å². The van der Waals surface area contributed by atoms with Crippen molar-refractivity contribution in [3.63, 3.8) is 0 Å². The molecule has 6 heteroatoms. The van der Waals surface area contributed by atoms with Crippen molar-refractivity contribution in [2.75, 3.05) is 6.54 Å². The first-order valence-electron chi connectivity index (χ1n) is 6.31. The molecule has 2 unspecified atom stereocenters. The highest BCUT2D eigenvalue weighted by molar-refractivity contribution is 7.99. The van der Waals surface area contributed by atoms with Gasteiger partial charge in [-0.2, -0.15) is 0 Å². The lowest BCUT2D eigenvalue weighted by atomic mass is 9.81. The molecule has 0 spiro atoms. The van der Waals surface area contributed by atoms with Gasteiger partial charge in [-0.15, -0.1) is 0 Å². The molecule has 1 heterocycles. The van der Waals surface area contributed by atoms with Gasteiger partial charge >= 0.3 is 5.97 Å². The van der Waals surface area contributed by atoms with E-state index in [0.29, 0.717) is 24.6 Å². The van der Waals surface area contributed by atoms with Gasteiger partial charge in [0.25, 0.3) is 0 Å². The Hall–Kier alpha value is -1.01. The molecule has 2 atom stereocenters. The SMILES string of the molecule is CCNC1(C(=O)O)CCCC(Sc2ncc[nH]2)C1. The van der Waals surface area contributed by atoms with Gasteiger partial charge in [0.2, 0.25) is 0 Å². The number of nitrogens with one attached hydrogen (secondary N) is 2. The van der Waals surface area contributed by atoms with Crippen LogP contribution in [0, 0.1) is 0 Å². The number of rotatable bonds is 5. The molecule has 5 nitrogen and oxygen atoms in total. The average molecular weight is 269 g/mol. The molecule has 1 saturated carbocycles. The molecular formula is C12H19N3O2S. The fraction of sp³-hybridized carbons (Fsp3) is 0.667. The summed E-state index contributed by atoms with van der Waals surface area (Å²) in [7, 11) is 0. The summed E-state index contributed by atoms with van der Waals surface area (Å²) in [5.41, 5.74) is -0.753. The molecule has 2 rings (SSSR count). The summed E-state index contributed by atoms with van der Waals surface area (Å²) in [4.78, 5) is 18.8. The third-order valence-corrected chi connectivity index (χ3v) is 4.56. The Kier molecular flexibility index (Phi) is 4.29. The van der Waals surface area contributed by atoms with Crippen LogP contribution in [-0.4, -0.2) is 38.4 Å². The maximum absolute atomic E-state index is 11.5. The Morgan fingerprint density at radius 1 is 1.78 bits per heavy atom. The smallest absolute Gasteiger partial charge is 0.323 e. The van der Waals surface area contributed by atoms with Gasteiger partial charge in [-0.05, 0) is 32.2 Å². The van der Waals surface area contributed by atoms with E-state index in [1.807, 2.05) is 6.92 Å². The average Bonchev–Trinajstić information content (AvgIpc) is 2.82. The Morgan fingerprint density at radius 3 is 3.22 bits per heavy atom. The van der Waals surface area contributed by atoms with Crippen molar-refractivity contribution in [3.05, 3.63) is 12.4 Å². The number of likely N-dealkylation sites (N-methyl/N-ethyl adjacent to an activating group) is 1. The molecule has 0 saturated heterocycles. The van der Waals surface area contributed by atoms with Gasteiger partial charge in [0, 0.05) is 17.6 Å². The fourth-order valence-electron chi connectivity index (χ4n) is 2.57. The van der Waals surface area contributed by atoms with E-state index in [-0.39, 0.29) is 0 Å². The molecule has 3 N–H and O–H groups in total. The number of aromatic amines is 1. The topological polar surface area (TPSA) is 78.0 Å². The summed E-state index contributed by atoms with van der Waals surface area (Å²) < 4.78 is 0. The van der Waals surface area contributed by atoms with Crippen LogP contribution in [0.2, 0.25) is 0 Å². The molecule has 18 heavy (non-hydrogen) atoms. The molecule has 0 radical (unpaired) electrons. The van der Waals surface area contributed by atoms with Crippen molar-refractivity contribution in [2.24, 2.45) is 0 Å². The van der Waals surface area contributed by atoms with E-state index in [0.717, 1.165) is 18.0 Å². The zero-order valence-corrected chi connectivity index (χ0v) is 11.3. The van der Waals surface area contributed by atoms with Gasteiger partial charge < -0.3 is 15.4 Å². The molecule has 1 aliphatic rings. The Balaban J connectivity index is 2.04. The standard InChI is InChI=1S/C12H19N3O2S/c1-2-15-12(10(16)17)5-3-4-9(8-12)18-11-13-6-7-14-11/h6-7,9,15H,2-5,8H2,1H3,(H,13,14)(H,16,17). The minimum atomic E-state index is -0.753. The van der Waals surface area contributed by atoms with Crippen LogP contribution in [0.25, 0.3) is 0 Å². The first-order valence-corrected chi connectivity index (χ1v) is 7.19. The van der Waals surface area contributed by atoms with Gasteiger partial charge in [-0.1, -0.05) is 18.7 Å². The number of thioether (sulfide) groups is 1. The lowest BCUT2D eigenvalue weighted by Crippen LogP contribution is -2.55. The second-order valence-corrected chi connectivity index (χ2v) is 5.94. The minimum Gasteiger partial charge on any atom is -0.480 e. The van der Waals surface area contributed by atoms with Crippen LogP contribution < -0.4 is 5.32 Å². The summed E-state index contributed by atoms with van der Waals surface area (Å²) in [6, 6.07) is 0. The first-order chi connectivity index (χ1) is 8.66. The molecule has 1 fully saturated rings. The molecule has 1 aliphatic carbocycles. The van der Waals surface area contributed by atoms with E-state index in [4.69, 9.17) is 0 Å². The number of aliphatic carboxylic acids is 1. The van der Waals surface area contributed by atoms with E-state index in [1.165, 1.54) is 0 Å². The lowest BCUT2D eigenvalue weighted by molar-refractivity contribution is -0.146. The molecule has 0 amide bonds. The lowest BCUT2D eigenvalue weighted by Gasteiger charge is -2.37. The van der Waals surface area contributed by atoms with Crippen molar-refractivity contribution in [2.45, 2.75) is 48.6 Å². The Bertz CT molecular complexity index is 392. The van der Waals surface area contributed by atoms with E-state index in [9.17, 15) is 9.90 Å². The van der Waals surface area contributed by atoms with Gasteiger partial charge in [0.15, 0.2) is 5.16 Å². The summed E-state index contributed by atoms with van der Waals surface area (Å²) in [5, 5.41) is 13.8. The van der Waals surface area contributed by atoms with Gasteiger partial charge in [-0.3, -0.25) is 4.79 Å². The summed E-state index contributed by atoms with van der Waals surface area (Å²) in [6.07, 6.45) is 6.87. The molecular weight excluding hydrogens is 250 g/mol. The largest absolute Gasteiger partial charge is 0.480 e. The molecule has 0 aliphatic heterocycles. The number of carboxylic acid groups (broad SMARTS) is 1. The number of imidazole rings is 1. The van der Waals surface area contributed by atoms with Crippen molar-refractivity contribution in [1.82, 2.24) is 15.3 Å². The predicted octanol–water partition coefficient (Wildman–Crippen LogP) is 1.88. The maximum Gasteiger partial charge on any atom is 0.323 e. The van der Waals surface area contributed by atoms with Gasteiger partial charge in [0.1, 0.15) is 5.54 Å². The molecule has 0 bridgehead atoms. The number of hydrogen-bond donors (Lipinski definition) is 3. The highest BCUT2D eigenvalue weighted by atomic mass is 32.2. The maximum atomic E-state index is 11.5. The van der Waals surface area contributed by atoms with E-state index in [2.05, 4.69) is 15.3 Å². The summed E-state index contributed by atoms with van der Waals surface area (Å²) in [5.74, 6) is -0.728. The molecule has 1 aromatic rings. The number of H-pyrrole nitrogens is 1. The highest BCUT2D eigenvalue weighted by Crippen LogP contribution is 2.37. The zero-order valence-electron chi connectivity index (χ0n) is 10.5. The third-order valence-electron chi connectivity index (χ3n) is 3.38. The third kappa shape index (κ3) is 2.87. The Morgan fingerprint density at radius 2 is 2.61 bits per heavy atom. The second-order valence-electron chi connectivity index (χ2n) is 4.65. The fourth-order valence-corrected chi connectivity index (χ4v) is 3.79. The van der Waals surface area contributed by atoms with Crippen molar-refractivity contribution in [1.29, 1.82) is 0 Å². The normalized spacial score (nSPS) is 28.2. The monoisotopic (exact) mass is 269 g/mol. The number of hydrogen-bond acceptors (Lipinski definition) is 4. The second kappa shape index (κ2) is 5.75. The van der Waals surface area contributed by atoms with Crippen molar-refractivity contribution < 1.29 is 9.90 Å². The van der Waals surface area contributed by atoms with Crippen LogP contribution in [0.3, 0.4) is 0 Å². The molecule has 100 valence electrons. The molecule has 0 aromatic carbocycles. The van der Waals surface area contributed by atoms with Gasteiger partial charge in [0.05, 0.1) is 0 Å². The highest BCUT2D eigenvalue weighted by Gasteiger charge is 2.42. The predicted molar refractivity (Wildman–Crippen MR) is 70.7 cm³/mol. The Labute approximate surface area is 111 Å². The van der Waals surface area contributed by atoms with Crippen LogP contribution in [-0.2, 0) is 4.79 Å².